The van der Waals surface area contributed by atoms with Gasteiger partial charge in [-0.05, 0) is 37.4 Å². The third-order valence-corrected chi connectivity index (χ3v) is 5.29. The average molecular weight is 391 g/mol. The molecule has 0 aliphatic heterocycles. The Balaban J connectivity index is 1.76. The highest BCUT2D eigenvalue weighted by Crippen LogP contribution is 2.37. The molecule has 0 amide bonds. The molecule has 4 aromatic rings. The molecule has 2 heterocycles. The smallest absolute Gasteiger partial charge is 0.146 e. The van der Waals surface area contributed by atoms with Gasteiger partial charge in [0.2, 0.25) is 0 Å². The number of phenols is 1. The third-order valence-electron chi connectivity index (χ3n) is 4.42. The minimum absolute atomic E-state index is 0.269. The van der Waals surface area contributed by atoms with Gasteiger partial charge < -0.3 is 15.3 Å². The van der Waals surface area contributed by atoms with Crippen LogP contribution in [-0.4, -0.2) is 34.1 Å². The summed E-state index contributed by atoms with van der Waals surface area (Å²) >= 11 is 1.65. The lowest BCUT2D eigenvalue weighted by Crippen LogP contribution is -2.14. The molecule has 5 nitrogen and oxygen atoms in total. The number of nitrogens with zero attached hydrogens (tertiary/aromatic N) is 3. The van der Waals surface area contributed by atoms with E-state index in [1.165, 1.54) is 0 Å². The van der Waals surface area contributed by atoms with Crippen molar-refractivity contribution in [3.05, 3.63) is 71.4 Å². The SMILES string of the molecule is CN(C)Cc1nc(NCc2ccc(O)cc2)c2c(-c3ccccc3)csc2n1. The maximum absolute atomic E-state index is 9.49. The molecule has 28 heavy (non-hydrogen) atoms. The van der Waals surface area contributed by atoms with E-state index in [1.54, 1.807) is 23.5 Å². The first-order valence-electron chi connectivity index (χ1n) is 9.10. The molecule has 0 unspecified atom stereocenters. The molecule has 0 fully saturated rings. The Morgan fingerprint density at radius 3 is 2.46 bits per heavy atom. The van der Waals surface area contributed by atoms with Crippen molar-refractivity contribution in [1.29, 1.82) is 0 Å². The van der Waals surface area contributed by atoms with E-state index < -0.39 is 0 Å². The van der Waals surface area contributed by atoms with Gasteiger partial charge in [-0.2, -0.15) is 0 Å². The van der Waals surface area contributed by atoms with Crippen molar-refractivity contribution in [2.45, 2.75) is 13.1 Å². The Kier molecular flexibility index (Phi) is 5.23. The van der Waals surface area contributed by atoms with E-state index in [0.29, 0.717) is 13.1 Å². The molecule has 2 aromatic heterocycles. The number of phenolic OH excluding ortho intramolecular Hbond substituents is 1. The Morgan fingerprint density at radius 2 is 1.75 bits per heavy atom. The van der Waals surface area contributed by atoms with Gasteiger partial charge in [-0.25, -0.2) is 9.97 Å². The van der Waals surface area contributed by atoms with Crippen LogP contribution in [0.1, 0.15) is 11.4 Å². The number of benzene rings is 2. The summed E-state index contributed by atoms with van der Waals surface area (Å²) in [7, 11) is 4.03. The quantitative estimate of drug-likeness (QED) is 0.498. The number of aromatic hydroxyl groups is 1. The van der Waals surface area contributed by atoms with Crippen molar-refractivity contribution in [1.82, 2.24) is 14.9 Å². The van der Waals surface area contributed by atoms with Gasteiger partial charge in [-0.1, -0.05) is 42.5 Å². The predicted octanol–water partition coefficient (Wildman–Crippen LogP) is 4.74. The molecule has 4 rings (SSSR count). The van der Waals surface area contributed by atoms with Gasteiger partial charge in [0, 0.05) is 17.5 Å². The van der Waals surface area contributed by atoms with Crippen molar-refractivity contribution in [2.75, 3.05) is 19.4 Å². The van der Waals surface area contributed by atoms with Crippen LogP contribution in [0.3, 0.4) is 0 Å². The highest BCUT2D eigenvalue weighted by atomic mass is 32.1. The van der Waals surface area contributed by atoms with Gasteiger partial charge in [0.05, 0.1) is 11.9 Å². The maximum Gasteiger partial charge on any atom is 0.146 e. The van der Waals surface area contributed by atoms with Crippen molar-refractivity contribution in [2.24, 2.45) is 0 Å². The zero-order valence-corrected chi connectivity index (χ0v) is 16.7. The van der Waals surface area contributed by atoms with Gasteiger partial charge in [0.25, 0.3) is 0 Å². The highest BCUT2D eigenvalue weighted by molar-refractivity contribution is 7.17. The van der Waals surface area contributed by atoms with Crippen LogP contribution in [-0.2, 0) is 13.1 Å². The molecule has 0 bridgehead atoms. The van der Waals surface area contributed by atoms with Gasteiger partial charge in [0.15, 0.2) is 0 Å². The van der Waals surface area contributed by atoms with Crippen LogP contribution in [0.15, 0.2) is 60.0 Å². The lowest BCUT2D eigenvalue weighted by Gasteiger charge is -2.13. The Hall–Kier alpha value is -2.96. The Morgan fingerprint density at radius 1 is 1.00 bits per heavy atom. The van der Waals surface area contributed by atoms with Crippen LogP contribution < -0.4 is 5.32 Å². The largest absolute Gasteiger partial charge is 0.508 e. The topological polar surface area (TPSA) is 61.3 Å². The average Bonchev–Trinajstić information content (AvgIpc) is 3.11. The van der Waals surface area contributed by atoms with Crippen LogP contribution in [0.25, 0.3) is 21.3 Å². The Labute approximate surface area is 168 Å². The van der Waals surface area contributed by atoms with E-state index >= 15 is 0 Å². The number of hydrogen-bond donors (Lipinski definition) is 2. The van der Waals surface area contributed by atoms with Crippen LogP contribution in [0, 0.1) is 0 Å². The van der Waals surface area contributed by atoms with Gasteiger partial charge >= 0.3 is 0 Å². The normalized spacial score (nSPS) is 11.2. The molecule has 2 N–H and O–H groups in total. The van der Waals surface area contributed by atoms with E-state index in [4.69, 9.17) is 9.97 Å². The van der Waals surface area contributed by atoms with E-state index in [0.717, 1.165) is 38.5 Å². The number of fused-ring (bicyclic) bond motifs is 1. The summed E-state index contributed by atoms with van der Waals surface area (Å²) < 4.78 is 0. The second-order valence-electron chi connectivity index (χ2n) is 6.94. The first kappa shape index (κ1) is 18.4. The van der Waals surface area contributed by atoms with Crippen molar-refractivity contribution in [3.63, 3.8) is 0 Å². The van der Waals surface area contributed by atoms with Crippen LogP contribution in [0.2, 0.25) is 0 Å². The fourth-order valence-corrected chi connectivity index (χ4v) is 4.06. The zero-order valence-electron chi connectivity index (χ0n) is 15.9. The highest BCUT2D eigenvalue weighted by Gasteiger charge is 2.15. The van der Waals surface area contributed by atoms with Crippen LogP contribution in [0.5, 0.6) is 5.75 Å². The fourth-order valence-electron chi connectivity index (χ4n) is 3.10. The molecule has 0 aliphatic carbocycles. The molecular formula is C22H22N4OS. The van der Waals surface area contributed by atoms with Crippen LogP contribution >= 0.6 is 11.3 Å². The first-order chi connectivity index (χ1) is 13.6. The number of hydrogen-bond acceptors (Lipinski definition) is 6. The van der Waals surface area contributed by atoms with Crippen molar-refractivity contribution in [3.8, 4) is 16.9 Å². The molecule has 0 aliphatic rings. The lowest BCUT2D eigenvalue weighted by molar-refractivity contribution is 0.391. The van der Waals surface area contributed by atoms with Gasteiger partial charge in [-0.15, -0.1) is 11.3 Å². The molecule has 0 atom stereocenters. The number of thiophene rings is 1. The second kappa shape index (κ2) is 7.96. The van der Waals surface area contributed by atoms with Crippen molar-refractivity contribution < 1.29 is 5.11 Å². The van der Waals surface area contributed by atoms with E-state index in [-0.39, 0.29) is 5.75 Å². The second-order valence-corrected chi connectivity index (χ2v) is 7.80. The number of rotatable bonds is 6. The maximum atomic E-state index is 9.49. The Bertz CT molecular complexity index is 1080. The fraction of sp³-hybridized carbons (Fsp3) is 0.182. The summed E-state index contributed by atoms with van der Waals surface area (Å²) in [5.41, 5.74) is 3.38. The summed E-state index contributed by atoms with van der Waals surface area (Å²) in [6, 6.07) is 17.5. The van der Waals surface area contributed by atoms with Gasteiger partial charge in [0.1, 0.15) is 22.2 Å². The molecular weight excluding hydrogens is 368 g/mol. The lowest BCUT2D eigenvalue weighted by atomic mass is 10.1. The van der Waals surface area contributed by atoms with Crippen LogP contribution in [0.4, 0.5) is 5.82 Å². The van der Waals surface area contributed by atoms with E-state index in [2.05, 4.69) is 27.7 Å². The summed E-state index contributed by atoms with van der Waals surface area (Å²) in [6.07, 6.45) is 0. The third kappa shape index (κ3) is 3.98. The van der Waals surface area contributed by atoms with Gasteiger partial charge in [-0.3, -0.25) is 0 Å². The summed E-state index contributed by atoms with van der Waals surface area (Å²) in [4.78, 5) is 12.7. The van der Waals surface area contributed by atoms with Crippen molar-refractivity contribution >= 4 is 27.4 Å². The molecule has 142 valence electrons. The van der Waals surface area contributed by atoms with E-state index in [1.807, 2.05) is 44.4 Å². The summed E-state index contributed by atoms with van der Waals surface area (Å²) in [6.45, 7) is 1.31. The molecule has 0 radical (unpaired) electrons. The molecule has 6 heteroatoms. The molecule has 0 saturated carbocycles. The number of anilines is 1. The minimum atomic E-state index is 0.269. The molecule has 2 aromatic carbocycles. The summed E-state index contributed by atoms with van der Waals surface area (Å²) in [5, 5.41) is 16.2. The predicted molar refractivity (Wildman–Crippen MR) is 116 cm³/mol. The molecule has 0 spiro atoms. The first-order valence-corrected chi connectivity index (χ1v) is 9.98. The number of aromatic nitrogens is 2. The minimum Gasteiger partial charge on any atom is -0.508 e. The standard InChI is InChI=1S/C22H22N4OS/c1-26(2)13-19-24-21(23-12-15-8-10-17(27)11-9-15)20-18(14-28-22(20)25-19)16-6-4-3-5-7-16/h3-11,14,27H,12-13H2,1-2H3,(H,23,24,25). The zero-order chi connectivity index (χ0) is 19.5. The monoisotopic (exact) mass is 390 g/mol. The molecule has 0 saturated heterocycles. The summed E-state index contributed by atoms with van der Waals surface area (Å²) in [5.74, 6) is 1.91. The number of nitrogens with one attached hydrogen (secondary N) is 1. The van der Waals surface area contributed by atoms with E-state index in [9.17, 15) is 5.11 Å².